The van der Waals surface area contributed by atoms with E-state index in [1.54, 1.807) is 41.8 Å². The molecule has 1 amide bonds. The van der Waals surface area contributed by atoms with E-state index in [-0.39, 0.29) is 11.7 Å². The van der Waals surface area contributed by atoms with Crippen LogP contribution in [0, 0.1) is 0 Å². The average Bonchev–Trinajstić information content (AvgIpc) is 3.15. The van der Waals surface area contributed by atoms with Gasteiger partial charge in [-0.3, -0.25) is 10.1 Å². The van der Waals surface area contributed by atoms with Gasteiger partial charge in [0.25, 0.3) is 5.91 Å². The Labute approximate surface area is 163 Å². The molecule has 0 saturated carbocycles. The predicted molar refractivity (Wildman–Crippen MR) is 102 cm³/mol. The third-order valence-electron chi connectivity index (χ3n) is 3.75. The number of hydrogen-bond acceptors (Lipinski definition) is 6. The van der Waals surface area contributed by atoms with Gasteiger partial charge in [0.05, 0.1) is 19.9 Å². The largest absolute Gasteiger partial charge is 0.493 e. The van der Waals surface area contributed by atoms with E-state index in [0.717, 1.165) is 0 Å². The summed E-state index contributed by atoms with van der Waals surface area (Å²) >= 11 is 1.17. The molecule has 0 spiro atoms. The molecule has 28 heavy (non-hydrogen) atoms. The molecular formula is C19H16F2N2O4S. The fourth-order valence-corrected chi connectivity index (χ4v) is 3.18. The summed E-state index contributed by atoms with van der Waals surface area (Å²) < 4.78 is 40.0. The summed E-state index contributed by atoms with van der Waals surface area (Å²) in [5, 5.41) is 4.65. The Kier molecular flexibility index (Phi) is 6.05. The highest BCUT2D eigenvalue weighted by atomic mass is 32.1. The van der Waals surface area contributed by atoms with Crippen molar-refractivity contribution in [2.45, 2.75) is 6.61 Å². The zero-order chi connectivity index (χ0) is 20.1. The number of amides is 1. The molecule has 1 aromatic heterocycles. The van der Waals surface area contributed by atoms with Gasteiger partial charge < -0.3 is 14.2 Å². The molecule has 0 fully saturated rings. The molecule has 2 aromatic carbocycles. The van der Waals surface area contributed by atoms with E-state index in [9.17, 15) is 13.6 Å². The molecule has 146 valence electrons. The predicted octanol–water partition coefficient (Wildman–Crippen LogP) is 4.68. The molecule has 0 saturated heterocycles. The lowest BCUT2D eigenvalue weighted by molar-refractivity contribution is -0.0494. The number of rotatable bonds is 7. The van der Waals surface area contributed by atoms with Crippen LogP contribution in [0.2, 0.25) is 0 Å². The van der Waals surface area contributed by atoms with Crippen LogP contribution >= 0.6 is 11.3 Å². The fraction of sp³-hybridized carbons (Fsp3) is 0.158. The summed E-state index contributed by atoms with van der Waals surface area (Å²) in [5.74, 6) is 0.554. The number of thiazole rings is 1. The molecule has 1 heterocycles. The van der Waals surface area contributed by atoms with Crippen LogP contribution in [0.1, 0.15) is 10.4 Å². The van der Waals surface area contributed by atoms with Crippen LogP contribution in [0.25, 0.3) is 11.3 Å². The molecule has 9 heteroatoms. The second-order valence-electron chi connectivity index (χ2n) is 5.44. The Morgan fingerprint density at radius 3 is 2.54 bits per heavy atom. The van der Waals surface area contributed by atoms with E-state index in [4.69, 9.17) is 9.47 Å². The van der Waals surface area contributed by atoms with Gasteiger partial charge in [0.2, 0.25) is 0 Å². The molecule has 0 aliphatic rings. The number of para-hydroxylation sites is 1. The van der Waals surface area contributed by atoms with Crippen molar-refractivity contribution in [2.24, 2.45) is 0 Å². The van der Waals surface area contributed by atoms with Crippen molar-refractivity contribution in [3.63, 3.8) is 0 Å². The number of methoxy groups -OCH3 is 2. The smallest absolute Gasteiger partial charge is 0.387 e. The van der Waals surface area contributed by atoms with Crippen molar-refractivity contribution >= 4 is 22.4 Å². The van der Waals surface area contributed by atoms with E-state index < -0.39 is 6.61 Å². The fourth-order valence-electron chi connectivity index (χ4n) is 2.48. The van der Waals surface area contributed by atoms with E-state index in [2.05, 4.69) is 15.0 Å². The van der Waals surface area contributed by atoms with Crippen molar-refractivity contribution in [3.05, 3.63) is 53.4 Å². The number of ether oxygens (including phenoxy) is 3. The maximum Gasteiger partial charge on any atom is 0.387 e. The third kappa shape index (κ3) is 4.37. The van der Waals surface area contributed by atoms with Gasteiger partial charge in [-0.25, -0.2) is 4.98 Å². The summed E-state index contributed by atoms with van der Waals surface area (Å²) in [5.41, 5.74) is 1.19. The second-order valence-corrected chi connectivity index (χ2v) is 6.29. The summed E-state index contributed by atoms with van der Waals surface area (Å²) in [6, 6.07) is 11.1. The van der Waals surface area contributed by atoms with Crippen molar-refractivity contribution in [2.75, 3.05) is 19.5 Å². The molecule has 3 aromatic rings. The number of nitrogens with one attached hydrogen (secondary N) is 1. The lowest BCUT2D eigenvalue weighted by Gasteiger charge is -2.09. The summed E-state index contributed by atoms with van der Waals surface area (Å²) in [6.07, 6.45) is 0. The van der Waals surface area contributed by atoms with Crippen LogP contribution in [0.4, 0.5) is 13.9 Å². The SMILES string of the molecule is COc1ccc(C(=O)Nc2nc(-c3ccccc3OC(F)F)cs2)cc1OC. The second kappa shape index (κ2) is 8.66. The van der Waals surface area contributed by atoms with Gasteiger partial charge in [-0.05, 0) is 30.3 Å². The molecule has 0 bridgehead atoms. The summed E-state index contributed by atoms with van der Waals surface area (Å²) in [7, 11) is 2.98. The average molecular weight is 406 g/mol. The highest BCUT2D eigenvalue weighted by molar-refractivity contribution is 7.14. The Bertz CT molecular complexity index is 978. The zero-order valence-electron chi connectivity index (χ0n) is 14.9. The number of nitrogens with zero attached hydrogens (tertiary/aromatic N) is 1. The number of benzene rings is 2. The van der Waals surface area contributed by atoms with Crippen molar-refractivity contribution in [3.8, 4) is 28.5 Å². The summed E-state index contributed by atoms with van der Waals surface area (Å²) in [4.78, 5) is 16.8. The normalized spacial score (nSPS) is 10.6. The van der Waals surface area contributed by atoms with E-state index in [0.29, 0.717) is 33.5 Å². The molecule has 0 aliphatic heterocycles. The number of aromatic nitrogens is 1. The van der Waals surface area contributed by atoms with Gasteiger partial charge in [0, 0.05) is 16.5 Å². The number of carbonyl (C=O) groups excluding carboxylic acids is 1. The summed E-state index contributed by atoms with van der Waals surface area (Å²) in [6.45, 7) is -2.94. The van der Waals surface area contributed by atoms with Gasteiger partial charge in [-0.1, -0.05) is 12.1 Å². The Morgan fingerprint density at radius 2 is 1.82 bits per heavy atom. The molecular weight excluding hydrogens is 390 g/mol. The van der Waals surface area contributed by atoms with Gasteiger partial charge in [-0.15, -0.1) is 11.3 Å². The molecule has 1 N–H and O–H groups in total. The number of carbonyl (C=O) groups is 1. The molecule has 0 radical (unpaired) electrons. The highest BCUT2D eigenvalue weighted by Crippen LogP contribution is 2.33. The van der Waals surface area contributed by atoms with E-state index in [1.165, 1.54) is 31.6 Å². The first-order valence-electron chi connectivity index (χ1n) is 8.05. The standard InChI is InChI=1S/C19H16F2N2O4S/c1-25-15-8-7-11(9-16(15)26-2)17(24)23-19-22-13(10-28-19)12-5-3-4-6-14(12)27-18(20)21/h3-10,18H,1-2H3,(H,22,23,24). The van der Waals surface area contributed by atoms with Crippen LogP contribution in [0.15, 0.2) is 47.8 Å². The molecule has 0 unspecified atom stereocenters. The van der Waals surface area contributed by atoms with Crippen LogP contribution < -0.4 is 19.5 Å². The van der Waals surface area contributed by atoms with Crippen molar-refractivity contribution in [1.82, 2.24) is 4.98 Å². The first kappa shape index (κ1) is 19.6. The minimum absolute atomic E-state index is 0.0144. The quantitative estimate of drug-likeness (QED) is 0.617. The first-order chi connectivity index (χ1) is 13.5. The van der Waals surface area contributed by atoms with Gasteiger partial charge in [0.15, 0.2) is 16.6 Å². The lowest BCUT2D eigenvalue weighted by Crippen LogP contribution is -2.12. The number of halogens is 2. The number of alkyl halides is 2. The number of anilines is 1. The van der Waals surface area contributed by atoms with Gasteiger partial charge >= 0.3 is 6.61 Å². The third-order valence-corrected chi connectivity index (χ3v) is 4.51. The minimum Gasteiger partial charge on any atom is -0.493 e. The van der Waals surface area contributed by atoms with Crippen LogP contribution in [0.5, 0.6) is 17.2 Å². The maximum atomic E-state index is 12.6. The van der Waals surface area contributed by atoms with Gasteiger partial charge in [0.1, 0.15) is 5.75 Å². The lowest BCUT2D eigenvalue weighted by atomic mass is 10.1. The van der Waals surface area contributed by atoms with Gasteiger partial charge in [-0.2, -0.15) is 8.78 Å². The maximum absolute atomic E-state index is 12.6. The molecule has 0 aliphatic carbocycles. The first-order valence-corrected chi connectivity index (χ1v) is 8.93. The van der Waals surface area contributed by atoms with Crippen LogP contribution in [-0.2, 0) is 0 Å². The van der Waals surface area contributed by atoms with Crippen molar-refractivity contribution < 1.29 is 27.8 Å². The minimum atomic E-state index is -2.94. The topological polar surface area (TPSA) is 69.7 Å². The molecule has 3 rings (SSSR count). The number of hydrogen-bond donors (Lipinski definition) is 1. The monoisotopic (exact) mass is 406 g/mol. The van der Waals surface area contributed by atoms with Crippen LogP contribution in [-0.4, -0.2) is 31.7 Å². The van der Waals surface area contributed by atoms with Crippen molar-refractivity contribution in [1.29, 1.82) is 0 Å². The zero-order valence-corrected chi connectivity index (χ0v) is 15.8. The Balaban J connectivity index is 1.79. The van der Waals surface area contributed by atoms with E-state index >= 15 is 0 Å². The van der Waals surface area contributed by atoms with E-state index in [1.807, 2.05) is 0 Å². The molecule has 6 nitrogen and oxygen atoms in total. The van der Waals surface area contributed by atoms with Crippen LogP contribution in [0.3, 0.4) is 0 Å². The Morgan fingerprint density at radius 1 is 1.07 bits per heavy atom. The highest BCUT2D eigenvalue weighted by Gasteiger charge is 2.16. The Hall–Kier alpha value is -3.20. The molecule has 0 atom stereocenters.